The van der Waals surface area contributed by atoms with Gasteiger partial charge in [0.2, 0.25) is 23.6 Å². The van der Waals surface area contributed by atoms with Crippen LogP contribution in [0.1, 0.15) is 25.3 Å². The second-order valence-corrected chi connectivity index (χ2v) is 8.32. The van der Waals surface area contributed by atoms with Crippen LogP contribution in [-0.4, -0.2) is 73.3 Å². The van der Waals surface area contributed by atoms with Crippen molar-refractivity contribution >= 4 is 29.3 Å². The zero-order valence-electron chi connectivity index (χ0n) is 20.4. The topological polar surface area (TPSA) is 132 Å². The van der Waals surface area contributed by atoms with Crippen LogP contribution in [0.4, 0.5) is 5.69 Å². The van der Waals surface area contributed by atoms with E-state index >= 15 is 0 Å². The largest absolute Gasteiger partial charge is 0.350 e. The number of hydrogen-bond donors (Lipinski definition) is 5. The van der Waals surface area contributed by atoms with Gasteiger partial charge in [0, 0.05) is 31.9 Å². The first-order valence-corrected chi connectivity index (χ1v) is 11.7. The molecule has 0 bridgehead atoms. The van der Waals surface area contributed by atoms with Crippen molar-refractivity contribution in [1.82, 2.24) is 26.2 Å². The van der Waals surface area contributed by atoms with Crippen molar-refractivity contribution in [3.05, 3.63) is 55.1 Å². The summed E-state index contributed by atoms with van der Waals surface area (Å²) in [4.78, 5) is 51.8. The first kappa shape index (κ1) is 27.7. The minimum atomic E-state index is -0.809. The monoisotopic (exact) mass is 484 g/mol. The van der Waals surface area contributed by atoms with Crippen LogP contribution >= 0.6 is 0 Å². The van der Waals surface area contributed by atoms with E-state index in [-0.39, 0.29) is 36.7 Å². The average Bonchev–Trinajstić information content (AvgIpc) is 3.36. The van der Waals surface area contributed by atoms with E-state index in [1.807, 2.05) is 6.07 Å². The van der Waals surface area contributed by atoms with Crippen LogP contribution in [0.2, 0.25) is 0 Å². The Hall–Kier alpha value is -3.50. The number of rotatable bonds is 13. The molecule has 1 aromatic rings. The summed E-state index contributed by atoms with van der Waals surface area (Å²) in [6.07, 6.45) is 4.09. The number of nitrogens with zero attached hydrogens (tertiary/aromatic N) is 1. The second-order valence-electron chi connectivity index (χ2n) is 8.32. The van der Waals surface area contributed by atoms with E-state index in [9.17, 15) is 19.2 Å². The lowest BCUT2D eigenvalue weighted by Gasteiger charge is -2.29. The van der Waals surface area contributed by atoms with Crippen LogP contribution in [0.3, 0.4) is 0 Å². The van der Waals surface area contributed by atoms with Gasteiger partial charge in [-0.2, -0.15) is 0 Å². The van der Waals surface area contributed by atoms with Gasteiger partial charge in [-0.15, -0.1) is 6.58 Å². The zero-order valence-corrected chi connectivity index (χ0v) is 20.4. The van der Waals surface area contributed by atoms with Crippen molar-refractivity contribution in [2.24, 2.45) is 0 Å². The highest BCUT2D eigenvalue weighted by Gasteiger charge is 2.37. The van der Waals surface area contributed by atoms with E-state index in [1.54, 1.807) is 43.1 Å². The standard InChI is InChI=1S/C25H36N6O4/c1-5-12-27-16-20(30-23(33)17(3)26-4)25(35)31-13-8-11-21(31)24(34)28-15-18-9-7-10-19(14-18)29-22(32)6-2/h5-7,9-10,14,17,20-21,26-27H,1-2,8,11-13,15-16H2,3-4H3,(H,28,34)(H,29,32)(H,30,33). The molecule has 1 aliphatic rings. The number of likely N-dealkylation sites (tertiary alicyclic amines) is 1. The summed E-state index contributed by atoms with van der Waals surface area (Å²) in [7, 11) is 1.67. The highest BCUT2D eigenvalue weighted by Crippen LogP contribution is 2.19. The Bertz CT molecular complexity index is 934. The molecule has 1 aromatic carbocycles. The van der Waals surface area contributed by atoms with Gasteiger partial charge < -0.3 is 31.5 Å². The van der Waals surface area contributed by atoms with Crippen LogP contribution in [-0.2, 0) is 25.7 Å². The molecule has 190 valence electrons. The molecule has 4 amide bonds. The number of benzene rings is 1. The molecule has 0 spiro atoms. The summed E-state index contributed by atoms with van der Waals surface area (Å²) < 4.78 is 0. The van der Waals surface area contributed by atoms with E-state index in [4.69, 9.17) is 0 Å². The fourth-order valence-corrected chi connectivity index (χ4v) is 3.72. The summed E-state index contributed by atoms with van der Waals surface area (Å²) in [6.45, 7) is 10.2. The van der Waals surface area contributed by atoms with E-state index in [0.717, 1.165) is 5.56 Å². The SMILES string of the molecule is C=CCNCC(NC(=O)C(C)NC)C(=O)N1CCCC1C(=O)NCc1cccc(NC(=O)C=C)c1. The number of likely N-dealkylation sites (N-methyl/N-ethyl adjacent to an activating group) is 1. The van der Waals surface area contributed by atoms with Crippen LogP contribution in [0.5, 0.6) is 0 Å². The third-order valence-electron chi connectivity index (χ3n) is 5.76. The minimum absolute atomic E-state index is 0.223. The first-order chi connectivity index (χ1) is 16.8. The summed E-state index contributed by atoms with van der Waals surface area (Å²) in [5, 5.41) is 14.3. The lowest BCUT2D eigenvalue weighted by Crippen LogP contribution is -2.58. The van der Waals surface area contributed by atoms with E-state index in [1.165, 1.54) is 6.08 Å². The van der Waals surface area contributed by atoms with Crippen molar-refractivity contribution < 1.29 is 19.2 Å². The summed E-state index contributed by atoms with van der Waals surface area (Å²) in [5.41, 5.74) is 1.40. The molecule has 10 nitrogen and oxygen atoms in total. The molecule has 0 aromatic heterocycles. The van der Waals surface area contributed by atoms with Gasteiger partial charge in [0.1, 0.15) is 12.1 Å². The second kappa shape index (κ2) is 14.0. The first-order valence-electron chi connectivity index (χ1n) is 11.7. The molecule has 1 saturated heterocycles. The molecule has 0 saturated carbocycles. The molecule has 0 radical (unpaired) electrons. The molecular formula is C25H36N6O4. The lowest BCUT2D eigenvalue weighted by molar-refractivity contribution is -0.141. The highest BCUT2D eigenvalue weighted by molar-refractivity contribution is 5.99. The zero-order chi connectivity index (χ0) is 25.8. The predicted molar refractivity (Wildman–Crippen MR) is 135 cm³/mol. The normalized spacial score (nSPS) is 16.6. The Kier molecular flexibility index (Phi) is 11.1. The molecule has 1 aliphatic heterocycles. The fraction of sp³-hybridized carbons (Fsp3) is 0.440. The Morgan fingerprint density at radius 1 is 1.23 bits per heavy atom. The molecule has 0 aliphatic carbocycles. The smallest absolute Gasteiger partial charge is 0.247 e. The summed E-state index contributed by atoms with van der Waals surface area (Å²) in [5.74, 6) is -1.18. The third-order valence-corrected chi connectivity index (χ3v) is 5.76. The number of hydrogen-bond acceptors (Lipinski definition) is 6. The number of amides is 4. The molecular weight excluding hydrogens is 448 g/mol. The van der Waals surface area contributed by atoms with E-state index in [2.05, 4.69) is 39.7 Å². The molecule has 1 fully saturated rings. The Morgan fingerprint density at radius 3 is 2.69 bits per heavy atom. The van der Waals surface area contributed by atoms with Crippen LogP contribution in [0.25, 0.3) is 0 Å². The van der Waals surface area contributed by atoms with E-state index in [0.29, 0.717) is 31.6 Å². The van der Waals surface area contributed by atoms with Crippen LogP contribution in [0.15, 0.2) is 49.6 Å². The molecule has 5 N–H and O–H groups in total. The quantitative estimate of drug-likeness (QED) is 0.155. The van der Waals surface area contributed by atoms with Gasteiger partial charge in [0.05, 0.1) is 6.04 Å². The molecule has 1 heterocycles. The van der Waals surface area contributed by atoms with Gasteiger partial charge in [-0.1, -0.05) is 24.8 Å². The number of carbonyl (C=O) groups excluding carboxylic acids is 4. The summed E-state index contributed by atoms with van der Waals surface area (Å²) >= 11 is 0. The molecule has 2 rings (SSSR count). The van der Waals surface area contributed by atoms with Gasteiger partial charge in [0.25, 0.3) is 0 Å². The molecule has 3 atom stereocenters. The lowest BCUT2D eigenvalue weighted by atomic mass is 10.1. The Labute approximate surface area is 206 Å². The number of nitrogens with one attached hydrogen (secondary N) is 5. The maximum Gasteiger partial charge on any atom is 0.247 e. The van der Waals surface area contributed by atoms with Gasteiger partial charge in [-0.05, 0) is 50.6 Å². The van der Waals surface area contributed by atoms with Crippen molar-refractivity contribution in [2.45, 2.75) is 44.4 Å². The minimum Gasteiger partial charge on any atom is -0.350 e. The van der Waals surface area contributed by atoms with Crippen molar-refractivity contribution in [1.29, 1.82) is 0 Å². The number of carbonyl (C=O) groups is 4. The third kappa shape index (κ3) is 8.34. The average molecular weight is 485 g/mol. The Balaban J connectivity index is 2.04. The predicted octanol–water partition coefficient (Wildman–Crippen LogP) is 0.287. The fourth-order valence-electron chi connectivity index (χ4n) is 3.72. The van der Waals surface area contributed by atoms with Crippen LogP contribution in [0, 0.1) is 0 Å². The van der Waals surface area contributed by atoms with E-state index < -0.39 is 18.1 Å². The summed E-state index contributed by atoms with van der Waals surface area (Å²) in [6, 6.07) is 5.23. The van der Waals surface area contributed by atoms with Gasteiger partial charge >= 0.3 is 0 Å². The number of anilines is 1. The van der Waals surface area contributed by atoms with Gasteiger partial charge in [-0.25, -0.2) is 0 Å². The molecule has 10 heteroatoms. The van der Waals surface area contributed by atoms with Gasteiger partial charge in [0.15, 0.2) is 0 Å². The Morgan fingerprint density at radius 2 is 2.00 bits per heavy atom. The maximum absolute atomic E-state index is 13.3. The van der Waals surface area contributed by atoms with Crippen LogP contribution < -0.4 is 26.6 Å². The molecule has 3 unspecified atom stereocenters. The van der Waals surface area contributed by atoms with Gasteiger partial charge in [-0.3, -0.25) is 19.2 Å². The van der Waals surface area contributed by atoms with Crippen molar-refractivity contribution in [3.8, 4) is 0 Å². The highest BCUT2D eigenvalue weighted by atomic mass is 16.2. The van der Waals surface area contributed by atoms with Crippen molar-refractivity contribution in [2.75, 3.05) is 32.0 Å². The van der Waals surface area contributed by atoms with Crippen molar-refractivity contribution in [3.63, 3.8) is 0 Å². The molecule has 35 heavy (non-hydrogen) atoms. The maximum atomic E-state index is 13.3.